The van der Waals surface area contributed by atoms with Crippen molar-refractivity contribution in [2.45, 2.75) is 0 Å². The molecule has 0 atom stereocenters. The first-order valence-electron chi connectivity index (χ1n) is 0. The van der Waals surface area contributed by atoms with Crippen LogP contribution in [0.5, 0.6) is 0 Å². The van der Waals surface area contributed by atoms with Gasteiger partial charge in [-0.1, -0.05) is 0 Å². The van der Waals surface area contributed by atoms with Gasteiger partial charge in [0, 0.05) is 0 Å². The number of rotatable bonds is 0. The number of hydrogen-bond donors (Lipinski definition) is 0. The zero-order valence-electron chi connectivity index (χ0n) is 3.50. The van der Waals surface area contributed by atoms with Crippen LogP contribution in [-0.2, 0) is 20.4 Å². The van der Waals surface area contributed by atoms with E-state index >= 15 is 0 Å². The van der Waals surface area contributed by atoms with E-state index in [1.54, 1.807) is 0 Å². The van der Waals surface area contributed by atoms with Crippen molar-refractivity contribution in [3.8, 4) is 0 Å². The summed E-state index contributed by atoms with van der Waals surface area (Å²) in [4.78, 5) is 0. The van der Waals surface area contributed by atoms with Crippen molar-refractivity contribution in [2.24, 2.45) is 0 Å². The van der Waals surface area contributed by atoms with Crippen LogP contribution in [0.25, 0.3) is 0 Å². The molecule has 0 saturated carbocycles. The summed E-state index contributed by atoms with van der Waals surface area (Å²) in [5.41, 5.74) is 0. The molecule has 0 fully saturated rings. The summed E-state index contributed by atoms with van der Waals surface area (Å²) in [6, 6.07) is 0. The second-order valence-electron chi connectivity index (χ2n) is 0. The second-order valence-corrected chi connectivity index (χ2v) is 0. The van der Waals surface area contributed by atoms with Gasteiger partial charge in [-0.25, -0.2) is 0 Å². The molecule has 0 amide bonds. The summed E-state index contributed by atoms with van der Waals surface area (Å²) in [6.45, 7) is 0. The molecule has 0 rings (SSSR count). The molecule has 0 spiro atoms. The minimum absolute atomic E-state index is 0. The van der Waals surface area contributed by atoms with Crippen LogP contribution in [0.15, 0.2) is 0 Å². The van der Waals surface area contributed by atoms with Crippen LogP contribution in [0.3, 0.4) is 0 Å². The standard InChI is InChI=1S/C.6H2O.Pd/h;6*1H2;/q+4;;;;;;;+2/p-6. The van der Waals surface area contributed by atoms with E-state index < -0.39 is 0 Å². The third kappa shape index (κ3) is 1060. The fourth-order valence-corrected chi connectivity index (χ4v) is 0. The van der Waals surface area contributed by atoms with E-state index in [1.165, 1.54) is 0 Å². The Kier molecular flexibility index (Phi) is 558000. The Morgan fingerprint density at radius 3 is 0.375 bits per heavy atom. The van der Waals surface area contributed by atoms with Crippen LogP contribution < -0.4 is 0 Å². The van der Waals surface area contributed by atoms with Crippen LogP contribution in [0, 0.1) is 7.43 Å². The molecule has 0 heterocycles. The van der Waals surface area contributed by atoms with Gasteiger partial charge in [0.2, 0.25) is 0 Å². The van der Waals surface area contributed by atoms with Gasteiger partial charge in [0.05, 0.1) is 0 Å². The molecular formula is CH6O6Pd. The molecule has 0 aromatic heterocycles. The monoisotopic (exact) mass is 220 g/mol. The first-order valence-corrected chi connectivity index (χ1v) is 0. The van der Waals surface area contributed by atoms with E-state index in [0.717, 1.165) is 0 Å². The van der Waals surface area contributed by atoms with E-state index in [-0.39, 0.29) is 60.7 Å². The van der Waals surface area contributed by atoms with Gasteiger partial charge >= 0.3 is 27.8 Å². The van der Waals surface area contributed by atoms with Crippen molar-refractivity contribution in [3.63, 3.8) is 0 Å². The van der Waals surface area contributed by atoms with Crippen molar-refractivity contribution < 1.29 is 53.3 Å². The Morgan fingerprint density at radius 2 is 0.375 bits per heavy atom. The van der Waals surface area contributed by atoms with Gasteiger partial charge in [0.1, 0.15) is 0 Å². The summed E-state index contributed by atoms with van der Waals surface area (Å²) in [6.07, 6.45) is 0. The van der Waals surface area contributed by atoms with Crippen LogP contribution in [0.2, 0.25) is 0 Å². The van der Waals surface area contributed by atoms with Crippen molar-refractivity contribution in [1.29, 1.82) is 0 Å². The predicted molar refractivity (Wildman–Crippen MR) is 14.9 cm³/mol. The van der Waals surface area contributed by atoms with Crippen molar-refractivity contribution >= 4 is 0 Å². The minimum atomic E-state index is 0. The van der Waals surface area contributed by atoms with Gasteiger partial charge in [-0.15, -0.1) is 0 Å². The maximum atomic E-state index is 0. The SMILES string of the molecule is [C+4].[OH-].[OH-].[OH-].[OH-].[OH-].[OH-].[Pd+2]. The van der Waals surface area contributed by atoms with Crippen molar-refractivity contribution in [1.82, 2.24) is 0 Å². The van der Waals surface area contributed by atoms with Crippen LogP contribution >= 0.6 is 0 Å². The van der Waals surface area contributed by atoms with E-state index in [2.05, 4.69) is 0 Å². The fraction of sp³-hybridized carbons (Fsp3) is 0. The van der Waals surface area contributed by atoms with Gasteiger partial charge in [-0.3, -0.25) is 0 Å². The molecule has 0 aliphatic heterocycles. The molecule has 7 heteroatoms. The Labute approximate surface area is 61.4 Å². The number of hydrogen-bond acceptors (Lipinski definition) is 6. The van der Waals surface area contributed by atoms with E-state index in [1.807, 2.05) is 0 Å². The molecule has 6 nitrogen and oxygen atoms in total. The molecule has 0 aromatic rings. The molecule has 0 aliphatic carbocycles. The molecule has 0 saturated heterocycles. The molecule has 0 bridgehead atoms. The zero-order chi connectivity index (χ0) is 0. The molecule has 0 aromatic carbocycles. The zero-order valence-corrected chi connectivity index (χ0v) is 5.05. The third-order valence-electron chi connectivity index (χ3n) is 0. The van der Waals surface area contributed by atoms with Gasteiger partial charge < -0.3 is 32.9 Å². The van der Waals surface area contributed by atoms with Gasteiger partial charge in [0.25, 0.3) is 0 Å². The molecule has 56 valence electrons. The van der Waals surface area contributed by atoms with Crippen LogP contribution in [0.1, 0.15) is 0 Å². The Bertz CT molecular complexity index is 8.49. The average Bonchev–Trinajstić information content (AvgIpc) is 0. The van der Waals surface area contributed by atoms with Crippen molar-refractivity contribution in [3.05, 3.63) is 7.43 Å². The maximum absolute atomic E-state index is 0. The van der Waals surface area contributed by atoms with E-state index in [4.69, 9.17) is 0 Å². The van der Waals surface area contributed by atoms with Gasteiger partial charge in [-0.05, 0) is 0 Å². The maximum Gasteiger partial charge on any atom is 4.00 e. The van der Waals surface area contributed by atoms with E-state index in [9.17, 15) is 0 Å². The molecule has 0 radical (unpaired) electrons. The topological polar surface area (TPSA) is 180 Å². The normalized spacial score (nSPS) is 0. The van der Waals surface area contributed by atoms with Gasteiger partial charge in [-0.2, -0.15) is 0 Å². The minimum Gasteiger partial charge on any atom is -0.870 e. The summed E-state index contributed by atoms with van der Waals surface area (Å²) in [5, 5.41) is 0. The largest absolute Gasteiger partial charge is 4.00 e. The smallest absolute Gasteiger partial charge is 0.870 e. The first kappa shape index (κ1) is 2600. The summed E-state index contributed by atoms with van der Waals surface area (Å²) in [5.74, 6) is 0. The average molecular weight is 220 g/mol. The summed E-state index contributed by atoms with van der Waals surface area (Å²) < 4.78 is 0. The third-order valence-corrected chi connectivity index (χ3v) is 0. The van der Waals surface area contributed by atoms with E-state index in [0.29, 0.717) is 0 Å². The fourth-order valence-electron chi connectivity index (χ4n) is 0. The van der Waals surface area contributed by atoms with Crippen LogP contribution in [-0.4, -0.2) is 32.9 Å². The summed E-state index contributed by atoms with van der Waals surface area (Å²) >= 11 is 0. The molecule has 6 N–H and O–H groups in total. The Balaban J connectivity index is 0. The Hall–Kier alpha value is 0.422. The van der Waals surface area contributed by atoms with Crippen molar-refractivity contribution in [2.75, 3.05) is 0 Å². The first-order chi connectivity index (χ1) is 0. The molecule has 0 aliphatic rings. The molecule has 0 unspecified atom stereocenters. The second kappa shape index (κ2) is 1720. The Morgan fingerprint density at radius 1 is 0.375 bits per heavy atom. The molecule has 8 heavy (non-hydrogen) atoms. The summed E-state index contributed by atoms with van der Waals surface area (Å²) in [7, 11) is 0. The molecular weight excluding hydrogens is 214 g/mol. The quantitative estimate of drug-likeness (QED) is 0.472. The van der Waals surface area contributed by atoms with Crippen LogP contribution in [0.4, 0.5) is 0 Å². The predicted octanol–water partition coefficient (Wildman–Crippen LogP) is -0.982. The van der Waals surface area contributed by atoms with Gasteiger partial charge in [0.15, 0.2) is 0 Å².